The van der Waals surface area contributed by atoms with E-state index in [0.717, 1.165) is 23.5 Å². The topological polar surface area (TPSA) is 49.8 Å². The van der Waals surface area contributed by atoms with Gasteiger partial charge in [0.15, 0.2) is 0 Å². The molecule has 1 aromatic carbocycles. The van der Waals surface area contributed by atoms with Crippen LogP contribution in [0.25, 0.3) is 0 Å². The Labute approximate surface area is 112 Å². The highest BCUT2D eigenvalue weighted by Crippen LogP contribution is 2.28. The summed E-state index contributed by atoms with van der Waals surface area (Å²) in [6.07, 6.45) is 1.94. The summed E-state index contributed by atoms with van der Waals surface area (Å²) in [4.78, 5) is 1.12. The van der Waals surface area contributed by atoms with Gasteiger partial charge in [0.05, 0.1) is 22.2 Å². The zero-order chi connectivity index (χ0) is 12.9. The maximum Gasteiger partial charge on any atom is 0.0683 e. The van der Waals surface area contributed by atoms with Crippen LogP contribution >= 0.6 is 23.4 Å². The molecule has 4 heteroatoms. The molecule has 0 radical (unpaired) electrons. The summed E-state index contributed by atoms with van der Waals surface area (Å²) in [5.74, 6) is 0.991. The predicted octanol–water partition coefficient (Wildman–Crippen LogP) is 4.34. The van der Waals surface area contributed by atoms with Crippen molar-refractivity contribution in [2.45, 2.75) is 31.6 Å². The van der Waals surface area contributed by atoms with E-state index in [0.29, 0.717) is 10.7 Å². The van der Waals surface area contributed by atoms with Crippen molar-refractivity contribution < 1.29 is 0 Å². The second kappa shape index (κ2) is 6.18. The fourth-order valence-electron chi connectivity index (χ4n) is 1.36. The molecule has 17 heavy (non-hydrogen) atoms. The van der Waals surface area contributed by atoms with Crippen molar-refractivity contribution in [1.29, 1.82) is 5.26 Å². The van der Waals surface area contributed by atoms with Crippen molar-refractivity contribution in [3.05, 3.63) is 23.2 Å². The molecule has 0 bridgehead atoms. The minimum atomic E-state index is -0.223. The normalized spacial score (nSPS) is 11.2. The molecule has 0 unspecified atom stereocenters. The fourth-order valence-corrected chi connectivity index (χ4v) is 2.49. The van der Waals surface area contributed by atoms with Gasteiger partial charge in [0, 0.05) is 4.90 Å². The molecule has 0 aliphatic rings. The Bertz CT molecular complexity index is 424. The maximum absolute atomic E-state index is 8.89. The molecular formula is C13H17ClN2S. The number of anilines is 1. The molecule has 0 aromatic heterocycles. The number of hydrogen-bond acceptors (Lipinski definition) is 3. The average Bonchev–Trinajstić information content (AvgIpc) is 2.29. The lowest BCUT2D eigenvalue weighted by Gasteiger charge is -2.14. The van der Waals surface area contributed by atoms with Crippen LogP contribution in [0.3, 0.4) is 0 Å². The molecule has 0 atom stereocenters. The third-order valence-electron chi connectivity index (χ3n) is 2.49. The Morgan fingerprint density at radius 1 is 1.47 bits per heavy atom. The van der Waals surface area contributed by atoms with Crippen molar-refractivity contribution >= 4 is 29.1 Å². The molecule has 0 amide bonds. The molecule has 0 saturated carbocycles. The highest BCUT2D eigenvalue weighted by molar-refractivity contribution is 7.99. The zero-order valence-electron chi connectivity index (χ0n) is 10.2. The van der Waals surface area contributed by atoms with Gasteiger partial charge in [-0.3, -0.25) is 0 Å². The van der Waals surface area contributed by atoms with Crippen LogP contribution in [0.5, 0.6) is 0 Å². The van der Waals surface area contributed by atoms with E-state index >= 15 is 0 Å². The highest BCUT2D eigenvalue weighted by Gasteiger charge is 2.15. The number of nitrogens with two attached hydrogens (primary N) is 1. The van der Waals surface area contributed by atoms with Gasteiger partial charge >= 0.3 is 0 Å². The van der Waals surface area contributed by atoms with Gasteiger partial charge in [-0.25, -0.2) is 0 Å². The number of nitriles is 1. The first kappa shape index (κ1) is 14.2. The minimum Gasteiger partial charge on any atom is -0.398 e. The molecule has 1 rings (SSSR count). The van der Waals surface area contributed by atoms with Gasteiger partial charge < -0.3 is 5.73 Å². The van der Waals surface area contributed by atoms with Crippen LogP contribution < -0.4 is 5.73 Å². The van der Waals surface area contributed by atoms with E-state index in [-0.39, 0.29) is 5.41 Å². The molecular weight excluding hydrogens is 252 g/mol. The maximum atomic E-state index is 8.89. The summed E-state index contributed by atoms with van der Waals surface area (Å²) >= 11 is 7.69. The SMILES string of the molecule is CC(C)(C#N)CCCSc1ccc(N)c(Cl)c1. The van der Waals surface area contributed by atoms with Gasteiger partial charge in [-0.2, -0.15) is 5.26 Å². The van der Waals surface area contributed by atoms with Gasteiger partial charge in [0.2, 0.25) is 0 Å². The number of thioether (sulfide) groups is 1. The van der Waals surface area contributed by atoms with Gasteiger partial charge in [-0.15, -0.1) is 11.8 Å². The van der Waals surface area contributed by atoms with Gasteiger partial charge in [-0.1, -0.05) is 11.6 Å². The van der Waals surface area contributed by atoms with E-state index in [9.17, 15) is 0 Å². The minimum absolute atomic E-state index is 0.223. The van der Waals surface area contributed by atoms with Crippen LogP contribution in [0.1, 0.15) is 26.7 Å². The summed E-state index contributed by atoms with van der Waals surface area (Å²) in [5, 5.41) is 9.49. The molecule has 0 aliphatic heterocycles. The first-order valence-electron chi connectivity index (χ1n) is 5.54. The van der Waals surface area contributed by atoms with Crippen LogP contribution in [0, 0.1) is 16.7 Å². The van der Waals surface area contributed by atoms with Crippen molar-refractivity contribution in [3.8, 4) is 6.07 Å². The number of nitrogen functional groups attached to an aromatic ring is 1. The molecule has 0 spiro atoms. The van der Waals surface area contributed by atoms with E-state index in [4.69, 9.17) is 22.6 Å². The van der Waals surface area contributed by atoms with E-state index in [1.165, 1.54) is 0 Å². The lowest BCUT2D eigenvalue weighted by Crippen LogP contribution is -2.07. The van der Waals surface area contributed by atoms with Crippen molar-refractivity contribution in [2.75, 3.05) is 11.5 Å². The standard InChI is InChI=1S/C13H17ClN2S/c1-13(2,9-15)6-3-7-17-10-4-5-12(16)11(14)8-10/h4-5,8H,3,6-7,16H2,1-2H3. The van der Waals surface area contributed by atoms with E-state index in [1.54, 1.807) is 11.8 Å². The number of rotatable bonds is 5. The van der Waals surface area contributed by atoms with Gasteiger partial charge in [0.1, 0.15) is 0 Å². The molecule has 0 fully saturated rings. The molecule has 92 valence electrons. The Morgan fingerprint density at radius 2 is 2.18 bits per heavy atom. The van der Waals surface area contributed by atoms with Crippen LogP contribution in [0.15, 0.2) is 23.1 Å². The van der Waals surface area contributed by atoms with E-state index in [1.807, 2.05) is 32.0 Å². The predicted molar refractivity (Wildman–Crippen MR) is 75.2 cm³/mol. The third kappa shape index (κ3) is 4.89. The van der Waals surface area contributed by atoms with Crippen LogP contribution in [0.2, 0.25) is 5.02 Å². The molecule has 0 saturated heterocycles. The van der Waals surface area contributed by atoms with Crippen molar-refractivity contribution in [3.63, 3.8) is 0 Å². The molecule has 0 heterocycles. The zero-order valence-corrected chi connectivity index (χ0v) is 11.7. The number of hydrogen-bond donors (Lipinski definition) is 1. The summed E-state index contributed by atoms with van der Waals surface area (Å²) in [5.41, 5.74) is 6.03. The van der Waals surface area contributed by atoms with E-state index < -0.39 is 0 Å². The summed E-state index contributed by atoms with van der Waals surface area (Å²) in [6.45, 7) is 3.94. The summed E-state index contributed by atoms with van der Waals surface area (Å²) in [6, 6.07) is 7.99. The number of halogens is 1. The lowest BCUT2D eigenvalue weighted by molar-refractivity contribution is 0.448. The number of benzene rings is 1. The first-order valence-corrected chi connectivity index (χ1v) is 6.90. The van der Waals surface area contributed by atoms with E-state index in [2.05, 4.69) is 6.07 Å². The largest absolute Gasteiger partial charge is 0.398 e. The quantitative estimate of drug-likeness (QED) is 0.491. The molecule has 1 aromatic rings. The highest BCUT2D eigenvalue weighted by atomic mass is 35.5. The molecule has 2 N–H and O–H groups in total. The Kier molecular flexibility index (Phi) is 5.17. The van der Waals surface area contributed by atoms with Crippen LogP contribution in [-0.4, -0.2) is 5.75 Å². The smallest absolute Gasteiger partial charge is 0.0683 e. The fraction of sp³-hybridized carbons (Fsp3) is 0.462. The Balaban J connectivity index is 2.37. The first-order chi connectivity index (χ1) is 7.94. The van der Waals surface area contributed by atoms with Crippen LogP contribution in [-0.2, 0) is 0 Å². The van der Waals surface area contributed by atoms with Crippen molar-refractivity contribution in [2.24, 2.45) is 5.41 Å². The second-order valence-corrected chi connectivity index (χ2v) is 6.21. The Hall–Kier alpha value is -0.850. The lowest BCUT2D eigenvalue weighted by atomic mass is 9.90. The third-order valence-corrected chi connectivity index (χ3v) is 3.90. The van der Waals surface area contributed by atoms with Gasteiger partial charge in [-0.05, 0) is 50.6 Å². The summed E-state index contributed by atoms with van der Waals surface area (Å²) < 4.78 is 0. The van der Waals surface area contributed by atoms with Crippen LogP contribution in [0.4, 0.5) is 5.69 Å². The number of nitrogens with zero attached hydrogens (tertiary/aromatic N) is 1. The second-order valence-electron chi connectivity index (χ2n) is 4.63. The Morgan fingerprint density at radius 3 is 2.76 bits per heavy atom. The summed E-state index contributed by atoms with van der Waals surface area (Å²) in [7, 11) is 0. The monoisotopic (exact) mass is 268 g/mol. The average molecular weight is 269 g/mol. The molecule has 2 nitrogen and oxygen atoms in total. The molecule has 0 aliphatic carbocycles. The van der Waals surface area contributed by atoms with Crippen molar-refractivity contribution in [1.82, 2.24) is 0 Å². The van der Waals surface area contributed by atoms with Gasteiger partial charge in [0.25, 0.3) is 0 Å².